The van der Waals surface area contributed by atoms with Crippen molar-refractivity contribution in [3.05, 3.63) is 42.2 Å². The number of carbonyl (C=O) groups excluding carboxylic acids is 1. The summed E-state index contributed by atoms with van der Waals surface area (Å²) < 4.78 is 36.6. The Morgan fingerprint density at radius 1 is 1.32 bits per heavy atom. The SMILES string of the molecule is COCCCN(CC(=O)Nc1cc(C)on1)S(=O)(=O)c1ccccc1. The number of methoxy groups -OCH3 is 1. The molecule has 0 aliphatic carbocycles. The molecule has 0 unspecified atom stereocenters. The van der Waals surface area contributed by atoms with Crippen molar-refractivity contribution in [2.45, 2.75) is 18.2 Å². The number of aryl methyl sites for hydroxylation is 1. The molecule has 9 heteroatoms. The number of rotatable bonds is 9. The van der Waals surface area contributed by atoms with E-state index < -0.39 is 15.9 Å². The number of anilines is 1. The highest BCUT2D eigenvalue weighted by molar-refractivity contribution is 7.89. The van der Waals surface area contributed by atoms with Gasteiger partial charge in [0.15, 0.2) is 5.82 Å². The van der Waals surface area contributed by atoms with Crippen molar-refractivity contribution >= 4 is 21.7 Å². The van der Waals surface area contributed by atoms with Gasteiger partial charge in [-0.05, 0) is 25.5 Å². The highest BCUT2D eigenvalue weighted by Crippen LogP contribution is 2.16. The van der Waals surface area contributed by atoms with Gasteiger partial charge in [-0.15, -0.1) is 0 Å². The molecule has 0 spiro atoms. The summed E-state index contributed by atoms with van der Waals surface area (Å²) in [6.07, 6.45) is 0.471. The van der Waals surface area contributed by atoms with Crippen LogP contribution in [0.5, 0.6) is 0 Å². The third kappa shape index (κ3) is 5.38. The lowest BCUT2D eigenvalue weighted by atomic mass is 10.4. The molecular weight excluding hydrogens is 346 g/mol. The minimum Gasteiger partial charge on any atom is -0.385 e. The quantitative estimate of drug-likeness (QED) is 0.676. The van der Waals surface area contributed by atoms with Crippen LogP contribution < -0.4 is 5.32 Å². The molecule has 1 amide bonds. The zero-order chi connectivity index (χ0) is 18.3. The largest absolute Gasteiger partial charge is 0.385 e. The Kier molecular flexibility index (Phi) is 6.68. The van der Waals surface area contributed by atoms with Crippen LogP contribution in [-0.2, 0) is 19.6 Å². The topological polar surface area (TPSA) is 102 Å². The van der Waals surface area contributed by atoms with Crippen LogP contribution >= 0.6 is 0 Å². The molecule has 0 radical (unpaired) electrons. The minimum absolute atomic E-state index is 0.137. The van der Waals surface area contributed by atoms with E-state index in [2.05, 4.69) is 10.5 Å². The zero-order valence-corrected chi connectivity index (χ0v) is 15.0. The minimum atomic E-state index is -3.79. The van der Waals surface area contributed by atoms with Crippen LogP contribution in [0.1, 0.15) is 12.2 Å². The number of carbonyl (C=O) groups is 1. The standard InChI is InChI=1S/C16H21N3O5S/c1-13-11-15(18-24-13)17-16(20)12-19(9-6-10-23-2)25(21,22)14-7-4-3-5-8-14/h3-5,7-8,11H,6,9-10,12H2,1-2H3,(H,17,18,20). The average molecular weight is 367 g/mol. The molecular formula is C16H21N3O5S. The molecule has 0 saturated heterocycles. The molecule has 0 atom stereocenters. The van der Waals surface area contributed by atoms with Gasteiger partial charge >= 0.3 is 0 Å². The zero-order valence-electron chi connectivity index (χ0n) is 14.1. The summed E-state index contributed by atoms with van der Waals surface area (Å²) in [7, 11) is -2.25. The monoisotopic (exact) mass is 367 g/mol. The summed E-state index contributed by atoms with van der Waals surface area (Å²) >= 11 is 0. The van der Waals surface area contributed by atoms with Crippen molar-refractivity contribution in [3.8, 4) is 0 Å². The number of hydrogen-bond donors (Lipinski definition) is 1. The maximum Gasteiger partial charge on any atom is 0.243 e. The number of aromatic nitrogens is 1. The summed E-state index contributed by atoms with van der Waals surface area (Å²) in [4.78, 5) is 12.3. The number of benzene rings is 1. The van der Waals surface area contributed by atoms with Gasteiger partial charge in [-0.1, -0.05) is 23.4 Å². The summed E-state index contributed by atoms with van der Waals surface area (Å²) in [5.74, 6) is 0.297. The van der Waals surface area contributed by atoms with Crippen molar-refractivity contribution in [2.24, 2.45) is 0 Å². The fourth-order valence-corrected chi connectivity index (χ4v) is 3.63. The Morgan fingerprint density at radius 2 is 2.04 bits per heavy atom. The summed E-state index contributed by atoms with van der Waals surface area (Å²) in [5.41, 5.74) is 0. The molecule has 1 N–H and O–H groups in total. The first kappa shape index (κ1) is 19.1. The van der Waals surface area contributed by atoms with Crippen LogP contribution in [0.25, 0.3) is 0 Å². The van der Waals surface area contributed by atoms with Gasteiger partial charge in [-0.2, -0.15) is 4.31 Å². The van der Waals surface area contributed by atoms with Gasteiger partial charge in [0, 0.05) is 26.3 Å². The number of hydrogen-bond acceptors (Lipinski definition) is 6. The smallest absolute Gasteiger partial charge is 0.243 e. The first-order valence-corrected chi connectivity index (χ1v) is 9.15. The Morgan fingerprint density at radius 3 is 2.64 bits per heavy atom. The summed E-state index contributed by atoms with van der Waals surface area (Å²) in [6.45, 7) is 1.92. The van der Waals surface area contributed by atoms with E-state index >= 15 is 0 Å². The van der Waals surface area contributed by atoms with Gasteiger partial charge < -0.3 is 14.6 Å². The van der Waals surface area contributed by atoms with E-state index in [0.29, 0.717) is 18.8 Å². The normalized spacial score (nSPS) is 11.6. The number of nitrogens with one attached hydrogen (secondary N) is 1. The van der Waals surface area contributed by atoms with Gasteiger partial charge in [0.05, 0.1) is 11.4 Å². The molecule has 136 valence electrons. The van der Waals surface area contributed by atoms with Crippen LogP contribution in [0.4, 0.5) is 5.82 Å². The lowest BCUT2D eigenvalue weighted by molar-refractivity contribution is -0.116. The third-order valence-electron chi connectivity index (χ3n) is 3.35. The van der Waals surface area contributed by atoms with E-state index in [0.717, 1.165) is 4.31 Å². The molecule has 0 bridgehead atoms. The summed E-state index contributed by atoms with van der Waals surface area (Å²) in [6, 6.07) is 9.55. The number of sulfonamides is 1. The average Bonchev–Trinajstić information content (AvgIpc) is 2.99. The Hall–Kier alpha value is -2.23. The lowest BCUT2D eigenvalue weighted by Crippen LogP contribution is -2.39. The molecule has 25 heavy (non-hydrogen) atoms. The van der Waals surface area contributed by atoms with E-state index in [1.54, 1.807) is 31.2 Å². The van der Waals surface area contributed by atoms with Crippen LogP contribution in [0.2, 0.25) is 0 Å². The summed E-state index contributed by atoms with van der Waals surface area (Å²) in [5, 5.41) is 6.19. The van der Waals surface area contributed by atoms with Crippen molar-refractivity contribution in [2.75, 3.05) is 32.1 Å². The number of nitrogens with zero attached hydrogens (tertiary/aromatic N) is 2. The van der Waals surface area contributed by atoms with Crippen molar-refractivity contribution < 1.29 is 22.5 Å². The first-order valence-electron chi connectivity index (χ1n) is 7.71. The van der Waals surface area contributed by atoms with Gasteiger partial charge in [-0.25, -0.2) is 8.42 Å². The fourth-order valence-electron chi connectivity index (χ4n) is 2.18. The maximum absolute atomic E-state index is 12.8. The molecule has 8 nitrogen and oxygen atoms in total. The van der Waals surface area contributed by atoms with E-state index in [4.69, 9.17) is 9.26 Å². The molecule has 0 saturated carbocycles. The maximum atomic E-state index is 12.8. The van der Waals surface area contributed by atoms with E-state index in [1.165, 1.54) is 19.2 Å². The number of amides is 1. The molecule has 1 aromatic carbocycles. The van der Waals surface area contributed by atoms with Crippen LogP contribution in [-0.4, -0.2) is 50.6 Å². The molecule has 1 aromatic heterocycles. The first-order chi connectivity index (χ1) is 11.9. The van der Waals surface area contributed by atoms with Gasteiger partial charge in [0.2, 0.25) is 15.9 Å². The van der Waals surface area contributed by atoms with Gasteiger partial charge in [0.25, 0.3) is 0 Å². The third-order valence-corrected chi connectivity index (χ3v) is 5.21. The van der Waals surface area contributed by atoms with E-state index in [-0.39, 0.29) is 23.8 Å². The van der Waals surface area contributed by atoms with E-state index in [9.17, 15) is 13.2 Å². The van der Waals surface area contributed by atoms with Crippen LogP contribution in [0.15, 0.2) is 45.8 Å². The molecule has 1 heterocycles. The fraction of sp³-hybridized carbons (Fsp3) is 0.375. The molecule has 0 fully saturated rings. The molecule has 0 aliphatic heterocycles. The Bertz CT molecular complexity index is 789. The van der Waals surface area contributed by atoms with Crippen molar-refractivity contribution in [1.82, 2.24) is 9.46 Å². The number of ether oxygens (including phenoxy) is 1. The molecule has 2 rings (SSSR count). The predicted octanol–water partition coefficient (Wildman–Crippen LogP) is 1.65. The van der Waals surface area contributed by atoms with Crippen molar-refractivity contribution in [1.29, 1.82) is 0 Å². The van der Waals surface area contributed by atoms with Gasteiger partial charge in [-0.3, -0.25) is 4.79 Å². The second-order valence-electron chi connectivity index (χ2n) is 5.37. The highest BCUT2D eigenvalue weighted by atomic mass is 32.2. The van der Waals surface area contributed by atoms with Crippen LogP contribution in [0, 0.1) is 6.92 Å². The molecule has 0 aliphatic rings. The second-order valence-corrected chi connectivity index (χ2v) is 7.31. The van der Waals surface area contributed by atoms with Crippen LogP contribution in [0.3, 0.4) is 0 Å². The van der Waals surface area contributed by atoms with E-state index in [1.807, 2.05) is 0 Å². The van der Waals surface area contributed by atoms with Crippen molar-refractivity contribution in [3.63, 3.8) is 0 Å². The Balaban J connectivity index is 2.13. The highest BCUT2D eigenvalue weighted by Gasteiger charge is 2.26. The van der Waals surface area contributed by atoms with Gasteiger partial charge in [0.1, 0.15) is 5.76 Å². The lowest BCUT2D eigenvalue weighted by Gasteiger charge is -2.21. The molecule has 2 aromatic rings. The Labute approximate surface area is 146 Å². The second kappa shape index (κ2) is 8.75. The predicted molar refractivity (Wildman–Crippen MR) is 91.6 cm³/mol.